The molecule has 0 amide bonds. The predicted molar refractivity (Wildman–Crippen MR) is 85.8 cm³/mol. The molecule has 3 rings (SSSR count). The minimum absolute atomic E-state index is 0.556. The fourth-order valence-corrected chi connectivity index (χ4v) is 2.51. The number of para-hydroxylation sites is 1. The van der Waals surface area contributed by atoms with Gasteiger partial charge in [0.15, 0.2) is 0 Å². The number of benzene rings is 2. The molecular formula is C16H11BrN4. The van der Waals surface area contributed by atoms with Crippen LogP contribution in [0.1, 0.15) is 5.56 Å². The zero-order chi connectivity index (χ0) is 14.8. The maximum Gasteiger partial charge on any atom is 0.101 e. The number of hydrogen-bond acceptors (Lipinski definition) is 3. The van der Waals surface area contributed by atoms with E-state index < -0.39 is 0 Å². The fraction of sp³-hybridized carbons (Fsp3) is 0. The summed E-state index contributed by atoms with van der Waals surface area (Å²) in [6.45, 7) is 0. The Morgan fingerprint density at radius 3 is 2.76 bits per heavy atom. The molecule has 0 aliphatic rings. The fourth-order valence-electron chi connectivity index (χ4n) is 2.15. The van der Waals surface area contributed by atoms with Crippen LogP contribution in [0.3, 0.4) is 0 Å². The lowest BCUT2D eigenvalue weighted by Crippen LogP contribution is -1.97. The molecule has 3 aromatic rings. The van der Waals surface area contributed by atoms with Crippen LogP contribution < -0.4 is 5.73 Å². The first-order valence-electron chi connectivity index (χ1n) is 6.28. The van der Waals surface area contributed by atoms with Crippen molar-refractivity contribution >= 4 is 21.6 Å². The summed E-state index contributed by atoms with van der Waals surface area (Å²) in [4.78, 5) is 0. The van der Waals surface area contributed by atoms with Gasteiger partial charge >= 0.3 is 0 Å². The van der Waals surface area contributed by atoms with Crippen LogP contribution in [0.4, 0.5) is 5.69 Å². The topological polar surface area (TPSA) is 67.6 Å². The molecule has 2 aromatic carbocycles. The zero-order valence-electron chi connectivity index (χ0n) is 11.0. The lowest BCUT2D eigenvalue weighted by molar-refractivity contribution is 0.877. The summed E-state index contributed by atoms with van der Waals surface area (Å²) < 4.78 is 2.55. The molecule has 0 saturated heterocycles. The number of rotatable bonds is 2. The number of halogens is 1. The van der Waals surface area contributed by atoms with E-state index in [2.05, 4.69) is 27.1 Å². The maximum atomic E-state index is 9.24. The number of nitrogens with two attached hydrogens (primary N) is 1. The summed E-state index contributed by atoms with van der Waals surface area (Å²) >= 11 is 3.36. The minimum atomic E-state index is 0.556. The first-order valence-corrected chi connectivity index (χ1v) is 7.08. The number of nitrogen functional groups attached to an aromatic ring is 1. The van der Waals surface area contributed by atoms with Crippen LogP contribution in [-0.2, 0) is 0 Å². The zero-order valence-corrected chi connectivity index (χ0v) is 12.6. The summed E-state index contributed by atoms with van der Waals surface area (Å²) in [7, 11) is 0. The van der Waals surface area contributed by atoms with Crippen molar-refractivity contribution in [2.75, 3.05) is 5.73 Å². The molecule has 1 aromatic heterocycles. The average molecular weight is 339 g/mol. The molecular weight excluding hydrogens is 328 g/mol. The van der Waals surface area contributed by atoms with Crippen molar-refractivity contribution in [3.63, 3.8) is 0 Å². The average Bonchev–Trinajstić information content (AvgIpc) is 2.97. The highest BCUT2D eigenvalue weighted by molar-refractivity contribution is 9.10. The van der Waals surface area contributed by atoms with Gasteiger partial charge in [-0.3, -0.25) is 0 Å². The molecule has 0 bridgehead atoms. The van der Waals surface area contributed by atoms with Gasteiger partial charge in [0.25, 0.3) is 0 Å². The molecule has 0 fully saturated rings. The molecule has 0 aliphatic carbocycles. The van der Waals surface area contributed by atoms with Crippen LogP contribution in [0.2, 0.25) is 0 Å². The van der Waals surface area contributed by atoms with Crippen molar-refractivity contribution in [2.24, 2.45) is 0 Å². The summed E-state index contributed by atoms with van der Waals surface area (Å²) in [6.07, 6.45) is 3.62. The van der Waals surface area contributed by atoms with E-state index >= 15 is 0 Å². The first kappa shape index (κ1) is 13.4. The highest BCUT2D eigenvalue weighted by Crippen LogP contribution is 2.26. The maximum absolute atomic E-state index is 9.24. The van der Waals surface area contributed by atoms with Crippen LogP contribution in [-0.4, -0.2) is 9.78 Å². The largest absolute Gasteiger partial charge is 0.398 e. The number of aromatic nitrogens is 2. The summed E-state index contributed by atoms with van der Waals surface area (Å²) in [5.41, 5.74) is 9.82. The van der Waals surface area contributed by atoms with Gasteiger partial charge in [0.1, 0.15) is 6.07 Å². The van der Waals surface area contributed by atoms with Gasteiger partial charge in [-0.2, -0.15) is 10.4 Å². The molecule has 0 aliphatic heterocycles. The summed E-state index contributed by atoms with van der Waals surface area (Å²) in [5.74, 6) is 0. The van der Waals surface area contributed by atoms with E-state index in [4.69, 9.17) is 5.73 Å². The number of anilines is 1. The number of nitriles is 1. The molecule has 4 nitrogen and oxygen atoms in total. The quantitative estimate of drug-likeness (QED) is 0.723. The van der Waals surface area contributed by atoms with Gasteiger partial charge in [-0.05, 0) is 24.3 Å². The Balaban J connectivity index is 2.08. The Labute approximate surface area is 130 Å². The summed E-state index contributed by atoms with van der Waals surface area (Å²) in [5, 5.41) is 13.6. The molecule has 2 N–H and O–H groups in total. The van der Waals surface area contributed by atoms with E-state index in [1.165, 1.54) is 0 Å². The van der Waals surface area contributed by atoms with Crippen LogP contribution in [0, 0.1) is 11.3 Å². The Hall–Kier alpha value is -2.58. The Kier molecular flexibility index (Phi) is 3.46. The van der Waals surface area contributed by atoms with Crippen molar-refractivity contribution in [3.8, 4) is 22.9 Å². The standard InChI is InChI=1S/C16H11BrN4/c17-13-5-6-16(11(7-13)8-18)21-10-12(9-20-21)14-3-1-2-4-15(14)19/h1-7,9-10H,19H2. The summed E-state index contributed by atoms with van der Waals surface area (Å²) in [6, 6.07) is 15.3. The van der Waals surface area contributed by atoms with Gasteiger partial charge in [0, 0.05) is 27.5 Å². The molecule has 0 spiro atoms. The minimum Gasteiger partial charge on any atom is -0.398 e. The molecule has 0 saturated carbocycles. The Morgan fingerprint density at radius 1 is 1.19 bits per heavy atom. The molecule has 0 radical (unpaired) electrons. The van der Waals surface area contributed by atoms with Gasteiger partial charge in [0.2, 0.25) is 0 Å². The van der Waals surface area contributed by atoms with Crippen LogP contribution in [0.5, 0.6) is 0 Å². The molecule has 0 atom stereocenters. The van der Waals surface area contributed by atoms with Gasteiger partial charge in [-0.15, -0.1) is 0 Å². The van der Waals surface area contributed by atoms with Gasteiger partial charge in [0.05, 0.1) is 17.4 Å². The third-order valence-corrected chi connectivity index (χ3v) is 3.67. The smallest absolute Gasteiger partial charge is 0.101 e. The van der Waals surface area contributed by atoms with Crippen LogP contribution in [0.25, 0.3) is 16.8 Å². The Morgan fingerprint density at radius 2 is 2.00 bits per heavy atom. The lowest BCUT2D eigenvalue weighted by Gasteiger charge is -2.04. The molecule has 5 heteroatoms. The van der Waals surface area contributed by atoms with Crippen molar-refractivity contribution in [2.45, 2.75) is 0 Å². The second-order valence-corrected chi connectivity index (χ2v) is 5.45. The van der Waals surface area contributed by atoms with Crippen molar-refractivity contribution in [3.05, 3.63) is 64.9 Å². The van der Waals surface area contributed by atoms with Crippen molar-refractivity contribution < 1.29 is 0 Å². The SMILES string of the molecule is N#Cc1cc(Br)ccc1-n1cc(-c2ccccc2N)cn1. The molecule has 21 heavy (non-hydrogen) atoms. The highest BCUT2D eigenvalue weighted by atomic mass is 79.9. The van der Waals surface area contributed by atoms with Gasteiger partial charge in [-0.25, -0.2) is 4.68 Å². The first-order chi connectivity index (χ1) is 10.2. The second-order valence-electron chi connectivity index (χ2n) is 4.53. The second kappa shape index (κ2) is 5.43. The number of hydrogen-bond donors (Lipinski definition) is 1. The van der Waals surface area contributed by atoms with E-state index in [1.54, 1.807) is 16.9 Å². The molecule has 0 unspecified atom stereocenters. The number of nitrogens with zero attached hydrogens (tertiary/aromatic N) is 3. The molecule has 1 heterocycles. The van der Waals surface area contributed by atoms with Gasteiger partial charge in [-0.1, -0.05) is 34.1 Å². The van der Waals surface area contributed by atoms with Crippen LogP contribution in [0.15, 0.2) is 59.3 Å². The highest BCUT2D eigenvalue weighted by Gasteiger charge is 2.09. The molecule has 102 valence electrons. The van der Waals surface area contributed by atoms with E-state index in [9.17, 15) is 5.26 Å². The monoisotopic (exact) mass is 338 g/mol. The Bertz CT molecular complexity index is 845. The third-order valence-electron chi connectivity index (χ3n) is 3.18. The third kappa shape index (κ3) is 2.54. The van der Waals surface area contributed by atoms with Crippen molar-refractivity contribution in [1.29, 1.82) is 5.26 Å². The predicted octanol–water partition coefficient (Wildman–Crippen LogP) is 3.76. The normalized spacial score (nSPS) is 10.3. The van der Waals surface area contributed by atoms with Crippen molar-refractivity contribution in [1.82, 2.24) is 9.78 Å². The van der Waals surface area contributed by atoms with E-state index in [-0.39, 0.29) is 0 Å². The van der Waals surface area contributed by atoms with E-state index in [0.29, 0.717) is 11.3 Å². The van der Waals surface area contributed by atoms with Crippen LogP contribution >= 0.6 is 15.9 Å². The van der Waals surface area contributed by atoms with E-state index in [1.807, 2.05) is 42.6 Å². The lowest BCUT2D eigenvalue weighted by atomic mass is 10.1. The van der Waals surface area contributed by atoms with Gasteiger partial charge < -0.3 is 5.73 Å². The van der Waals surface area contributed by atoms with E-state index in [0.717, 1.165) is 21.3 Å².